The smallest absolute Gasteiger partial charge is 0.162 e. The van der Waals surface area contributed by atoms with Crippen LogP contribution in [0.15, 0.2) is 30.0 Å². The number of benzene rings is 1. The summed E-state index contributed by atoms with van der Waals surface area (Å²) in [6.45, 7) is 0. The average Bonchev–Trinajstić information content (AvgIpc) is 3.08. The van der Waals surface area contributed by atoms with Gasteiger partial charge in [-0.3, -0.25) is 4.79 Å². The third-order valence-corrected chi connectivity index (χ3v) is 4.81. The second-order valence-electron chi connectivity index (χ2n) is 5.82. The van der Waals surface area contributed by atoms with Crippen molar-refractivity contribution in [3.63, 3.8) is 0 Å². The highest BCUT2D eigenvalue weighted by atomic mass is 16.2. The van der Waals surface area contributed by atoms with E-state index in [0.29, 0.717) is 17.9 Å². The summed E-state index contributed by atoms with van der Waals surface area (Å²) in [6.07, 6.45) is 5.16. The molecule has 2 nitrogen and oxygen atoms in total. The van der Waals surface area contributed by atoms with Gasteiger partial charge in [0.15, 0.2) is 5.78 Å². The molecule has 2 fully saturated rings. The molecule has 2 atom stereocenters. The molecule has 2 saturated carbocycles. The van der Waals surface area contributed by atoms with Gasteiger partial charge in [0.25, 0.3) is 0 Å². The molecule has 0 aliphatic heterocycles. The first-order chi connectivity index (χ1) is 8.79. The van der Waals surface area contributed by atoms with Crippen LogP contribution >= 0.6 is 0 Å². The van der Waals surface area contributed by atoms with Crippen LogP contribution < -0.4 is 0 Å². The Bertz CT molecular complexity index is 566. The molecule has 18 heavy (non-hydrogen) atoms. The first-order valence-electron chi connectivity index (χ1n) is 6.78. The minimum absolute atomic E-state index is 0.142. The summed E-state index contributed by atoms with van der Waals surface area (Å²) >= 11 is 0. The molecule has 1 aromatic carbocycles. The molecule has 0 amide bonds. The van der Waals surface area contributed by atoms with Crippen molar-refractivity contribution in [2.75, 3.05) is 0 Å². The van der Waals surface area contributed by atoms with Gasteiger partial charge >= 0.3 is 0 Å². The van der Waals surface area contributed by atoms with Crippen molar-refractivity contribution in [1.29, 1.82) is 0 Å². The fraction of sp³-hybridized carbons (Fsp3) is 0.438. The van der Waals surface area contributed by atoms with Crippen LogP contribution in [-0.2, 0) is 11.2 Å². The number of fused-ring (bicyclic) bond motifs is 3. The van der Waals surface area contributed by atoms with Gasteiger partial charge in [0.05, 0.1) is 6.26 Å². The van der Waals surface area contributed by atoms with Crippen LogP contribution in [0.25, 0.3) is 0 Å². The highest BCUT2D eigenvalue weighted by Crippen LogP contribution is 2.54. The van der Waals surface area contributed by atoms with E-state index in [1.165, 1.54) is 29.5 Å². The third-order valence-electron chi connectivity index (χ3n) is 4.81. The lowest BCUT2D eigenvalue weighted by Gasteiger charge is -2.13. The Kier molecular flexibility index (Phi) is 2.00. The molecule has 2 unspecified atom stereocenters. The highest BCUT2D eigenvalue weighted by Gasteiger charge is 2.46. The van der Waals surface area contributed by atoms with Gasteiger partial charge in [-0.25, -0.2) is 0 Å². The Balaban J connectivity index is 1.84. The van der Waals surface area contributed by atoms with Crippen molar-refractivity contribution in [2.24, 2.45) is 5.92 Å². The topological polar surface area (TPSA) is 37.3 Å². The summed E-state index contributed by atoms with van der Waals surface area (Å²) < 4.78 is 0. The molecule has 0 heterocycles. The molecule has 0 bridgehead atoms. The number of allylic oxidation sites excluding steroid dienone is 1. The second-order valence-corrected chi connectivity index (χ2v) is 5.82. The first-order valence-corrected chi connectivity index (χ1v) is 6.78. The number of carbonyl (C=O) groups is 1. The number of aliphatic hydroxyl groups excluding tert-OH is 1. The molecule has 2 heteroatoms. The van der Waals surface area contributed by atoms with E-state index in [9.17, 15) is 9.90 Å². The van der Waals surface area contributed by atoms with Crippen LogP contribution in [0, 0.1) is 5.92 Å². The maximum atomic E-state index is 11.9. The summed E-state index contributed by atoms with van der Waals surface area (Å²) in [4.78, 5) is 11.9. The minimum atomic E-state index is 0.142. The minimum Gasteiger partial charge on any atom is -0.515 e. The molecule has 0 saturated heterocycles. The predicted molar refractivity (Wildman–Crippen MR) is 68.7 cm³/mol. The molecular weight excluding hydrogens is 224 g/mol. The summed E-state index contributed by atoms with van der Waals surface area (Å²) in [5, 5.41) is 9.27. The van der Waals surface area contributed by atoms with E-state index in [-0.39, 0.29) is 11.7 Å². The molecule has 92 valence electrons. The highest BCUT2D eigenvalue weighted by molar-refractivity contribution is 5.99. The fourth-order valence-corrected chi connectivity index (χ4v) is 3.86. The van der Waals surface area contributed by atoms with Gasteiger partial charge in [-0.2, -0.15) is 0 Å². The van der Waals surface area contributed by atoms with Crippen molar-refractivity contribution >= 4 is 5.78 Å². The quantitative estimate of drug-likeness (QED) is 0.604. The summed E-state index contributed by atoms with van der Waals surface area (Å²) in [7, 11) is 0. The molecule has 4 rings (SSSR count). The number of rotatable bonds is 1. The van der Waals surface area contributed by atoms with E-state index in [1.54, 1.807) is 0 Å². The van der Waals surface area contributed by atoms with Gasteiger partial charge in [0.1, 0.15) is 0 Å². The first kappa shape index (κ1) is 10.4. The maximum Gasteiger partial charge on any atom is 0.162 e. The van der Waals surface area contributed by atoms with Gasteiger partial charge < -0.3 is 5.11 Å². The SMILES string of the molecule is O=C1CC2c3c(cccc3C3CC3)CC2/C1=C\O. The standard InChI is InChI=1S/C16H16O2/c17-8-14-12-6-10-2-1-3-11(9-4-5-9)16(10)13(12)7-15(14)18/h1-3,8-9,12-13,17H,4-7H2/b14-8+. The fourth-order valence-electron chi connectivity index (χ4n) is 3.86. The zero-order chi connectivity index (χ0) is 12.3. The largest absolute Gasteiger partial charge is 0.515 e. The van der Waals surface area contributed by atoms with E-state index < -0.39 is 0 Å². The van der Waals surface area contributed by atoms with Gasteiger partial charge in [-0.05, 0) is 47.8 Å². The van der Waals surface area contributed by atoms with Crippen molar-refractivity contribution in [2.45, 2.75) is 37.5 Å². The van der Waals surface area contributed by atoms with Crippen molar-refractivity contribution in [3.8, 4) is 0 Å². The van der Waals surface area contributed by atoms with E-state index in [2.05, 4.69) is 18.2 Å². The van der Waals surface area contributed by atoms with Gasteiger partial charge in [0, 0.05) is 17.9 Å². The van der Waals surface area contributed by atoms with E-state index in [0.717, 1.165) is 18.6 Å². The zero-order valence-corrected chi connectivity index (χ0v) is 10.2. The van der Waals surface area contributed by atoms with Crippen LogP contribution in [-0.4, -0.2) is 10.9 Å². The monoisotopic (exact) mass is 240 g/mol. The van der Waals surface area contributed by atoms with Crippen LogP contribution in [0.3, 0.4) is 0 Å². The molecule has 1 aromatic rings. The number of aliphatic hydroxyl groups is 1. The van der Waals surface area contributed by atoms with Crippen molar-refractivity contribution in [3.05, 3.63) is 46.7 Å². The third kappa shape index (κ3) is 1.26. The van der Waals surface area contributed by atoms with Crippen LogP contribution in [0.2, 0.25) is 0 Å². The van der Waals surface area contributed by atoms with Crippen LogP contribution in [0.1, 0.15) is 47.8 Å². The normalized spacial score (nSPS) is 31.8. The van der Waals surface area contributed by atoms with E-state index >= 15 is 0 Å². The molecule has 1 N–H and O–H groups in total. The number of Topliss-reactive ketones (excluding diaryl/α,β-unsaturated/α-hetero) is 1. The Morgan fingerprint density at radius 2 is 2.00 bits per heavy atom. The molecule has 3 aliphatic rings. The number of hydrogen-bond acceptors (Lipinski definition) is 2. The van der Waals surface area contributed by atoms with Crippen molar-refractivity contribution in [1.82, 2.24) is 0 Å². The lowest BCUT2D eigenvalue weighted by Crippen LogP contribution is -2.03. The average molecular weight is 240 g/mol. The van der Waals surface area contributed by atoms with Crippen LogP contribution in [0.5, 0.6) is 0 Å². The van der Waals surface area contributed by atoms with Gasteiger partial charge in [0.2, 0.25) is 0 Å². The molecule has 0 radical (unpaired) electrons. The summed E-state index contributed by atoms with van der Waals surface area (Å²) in [6, 6.07) is 6.58. The lowest BCUT2D eigenvalue weighted by atomic mass is 9.90. The summed E-state index contributed by atoms with van der Waals surface area (Å²) in [5.41, 5.74) is 4.97. The zero-order valence-electron chi connectivity index (χ0n) is 10.2. The van der Waals surface area contributed by atoms with E-state index in [1.807, 2.05) is 0 Å². The lowest BCUT2D eigenvalue weighted by molar-refractivity contribution is -0.114. The number of ketones is 1. The Hall–Kier alpha value is -1.57. The van der Waals surface area contributed by atoms with Crippen molar-refractivity contribution < 1.29 is 9.90 Å². The number of hydrogen-bond donors (Lipinski definition) is 1. The van der Waals surface area contributed by atoms with Gasteiger partial charge in [-0.1, -0.05) is 18.2 Å². The summed E-state index contributed by atoms with van der Waals surface area (Å²) in [5.74, 6) is 1.44. The Labute approximate surface area is 106 Å². The molecular formula is C16H16O2. The molecule has 0 spiro atoms. The van der Waals surface area contributed by atoms with Gasteiger partial charge in [-0.15, -0.1) is 0 Å². The predicted octanol–water partition coefficient (Wildman–Crippen LogP) is 3.23. The number of carbonyl (C=O) groups excluding carboxylic acids is 1. The second kappa shape index (κ2) is 3.47. The molecule has 3 aliphatic carbocycles. The molecule has 0 aromatic heterocycles. The van der Waals surface area contributed by atoms with E-state index in [4.69, 9.17) is 0 Å². The Morgan fingerprint density at radius 3 is 2.72 bits per heavy atom. The maximum absolute atomic E-state index is 11.9. The van der Waals surface area contributed by atoms with Crippen LogP contribution in [0.4, 0.5) is 0 Å². The Morgan fingerprint density at radius 1 is 1.17 bits per heavy atom.